The summed E-state index contributed by atoms with van der Waals surface area (Å²) in [6.45, 7) is 0. The summed E-state index contributed by atoms with van der Waals surface area (Å²) in [5.74, 6) is 0.410. The van der Waals surface area contributed by atoms with Gasteiger partial charge in [0.1, 0.15) is 0 Å². The SMILES string of the molecule is Nc1ccccc1CS(=O)c1cccc(Cl)c1. The topological polar surface area (TPSA) is 43.1 Å². The molecule has 0 amide bonds. The van der Waals surface area contributed by atoms with E-state index in [2.05, 4.69) is 0 Å². The van der Waals surface area contributed by atoms with E-state index in [1.165, 1.54) is 0 Å². The number of nitrogens with two attached hydrogens (primary N) is 1. The average molecular weight is 266 g/mol. The molecular formula is C13H12ClNOS. The van der Waals surface area contributed by atoms with Crippen LogP contribution in [-0.2, 0) is 16.6 Å². The largest absolute Gasteiger partial charge is 0.398 e. The van der Waals surface area contributed by atoms with E-state index >= 15 is 0 Å². The van der Waals surface area contributed by atoms with Crippen molar-refractivity contribution >= 4 is 28.1 Å². The zero-order chi connectivity index (χ0) is 12.3. The van der Waals surface area contributed by atoms with Gasteiger partial charge >= 0.3 is 0 Å². The highest BCUT2D eigenvalue weighted by Crippen LogP contribution is 2.19. The lowest BCUT2D eigenvalue weighted by Crippen LogP contribution is -2.00. The first-order chi connectivity index (χ1) is 8.16. The molecule has 4 heteroatoms. The fourth-order valence-corrected chi connectivity index (χ4v) is 2.95. The quantitative estimate of drug-likeness (QED) is 0.866. The van der Waals surface area contributed by atoms with Crippen LogP contribution in [-0.4, -0.2) is 4.21 Å². The Morgan fingerprint density at radius 2 is 1.88 bits per heavy atom. The van der Waals surface area contributed by atoms with Crippen molar-refractivity contribution in [3.05, 3.63) is 59.1 Å². The molecule has 2 N–H and O–H groups in total. The summed E-state index contributed by atoms with van der Waals surface area (Å²) in [5.41, 5.74) is 7.38. The second kappa shape index (κ2) is 5.34. The van der Waals surface area contributed by atoms with E-state index in [1.807, 2.05) is 24.3 Å². The summed E-state index contributed by atoms with van der Waals surface area (Å²) >= 11 is 5.86. The van der Waals surface area contributed by atoms with Crippen LogP contribution in [0.15, 0.2) is 53.4 Å². The zero-order valence-electron chi connectivity index (χ0n) is 9.10. The number of nitrogen functional groups attached to an aromatic ring is 1. The molecule has 1 unspecified atom stereocenters. The van der Waals surface area contributed by atoms with Gasteiger partial charge < -0.3 is 5.73 Å². The molecule has 0 saturated carbocycles. The van der Waals surface area contributed by atoms with Crippen molar-refractivity contribution in [2.24, 2.45) is 0 Å². The fourth-order valence-electron chi connectivity index (χ4n) is 1.50. The maximum Gasteiger partial charge on any atom is 0.0575 e. The van der Waals surface area contributed by atoms with Gasteiger partial charge in [0, 0.05) is 15.6 Å². The molecule has 1 atom stereocenters. The van der Waals surface area contributed by atoms with Crippen LogP contribution in [0, 0.1) is 0 Å². The normalized spacial score (nSPS) is 12.3. The Balaban J connectivity index is 2.20. The maximum atomic E-state index is 12.1. The molecule has 0 saturated heterocycles. The Labute approximate surface area is 108 Å². The third kappa shape index (κ3) is 3.08. The number of para-hydroxylation sites is 1. The Kier molecular flexibility index (Phi) is 3.82. The van der Waals surface area contributed by atoms with Crippen LogP contribution in [0.25, 0.3) is 0 Å². The number of halogens is 1. The maximum absolute atomic E-state index is 12.1. The van der Waals surface area contributed by atoms with Gasteiger partial charge in [0.2, 0.25) is 0 Å². The van der Waals surface area contributed by atoms with Crippen molar-refractivity contribution in [1.82, 2.24) is 0 Å². The highest BCUT2D eigenvalue weighted by Gasteiger charge is 2.07. The Morgan fingerprint density at radius 3 is 2.59 bits per heavy atom. The minimum atomic E-state index is -1.12. The van der Waals surface area contributed by atoms with Gasteiger partial charge in [-0.25, -0.2) is 0 Å². The molecular weight excluding hydrogens is 254 g/mol. The zero-order valence-corrected chi connectivity index (χ0v) is 10.7. The van der Waals surface area contributed by atoms with Gasteiger partial charge in [0.25, 0.3) is 0 Å². The van der Waals surface area contributed by atoms with Gasteiger partial charge in [-0.3, -0.25) is 4.21 Å². The Bertz CT molecular complexity index is 557. The molecule has 0 bridgehead atoms. The van der Waals surface area contributed by atoms with E-state index in [-0.39, 0.29) is 0 Å². The van der Waals surface area contributed by atoms with Crippen LogP contribution >= 0.6 is 11.6 Å². The predicted molar refractivity (Wildman–Crippen MR) is 72.4 cm³/mol. The van der Waals surface area contributed by atoms with Gasteiger partial charge in [-0.2, -0.15) is 0 Å². The summed E-state index contributed by atoms with van der Waals surface area (Å²) in [5, 5.41) is 0.594. The van der Waals surface area contributed by atoms with Crippen molar-refractivity contribution in [1.29, 1.82) is 0 Å². The number of hydrogen-bond acceptors (Lipinski definition) is 2. The van der Waals surface area contributed by atoms with Crippen LogP contribution < -0.4 is 5.73 Å². The van der Waals surface area contributed by atoms with Crippen LogP contribution in [0.5, 0.6) is 0 Å². The number of anilines is 1. The molecule has 2 nitrogen and oxygen atoms in total. The van der Waals surface area contributed by atoms with E-state index < -0.39 is 10.8 Å². The van der Waals surface area contributed by atoms with Crippen LogP contribution in [0.3, 0.4) is 0 Å². The van der Waals surface area contributed by atoms with E-state index in [4.69, 9.17) is 17.3 Å². The first-order valence-electron chi connectivity index (χ1n) is 5.14. The van der Waals surface area contributed by atoms with Crippen molar-refractivity contribution < 1.29 is 4.21 Å². The molecule has 0 heterocycles. The third-order valence-corrected chi connectivity index (χ3v) is 3.99. The molecule has 0 aromatic heterocycles. The van der Waals surface area contributed by atoms with Crippen molar-refractivity contribution in [2.45, 2.75) is 10.6 Å². The van der Waals surface area contributed by atoms with Crippen LogP contribution in [0.2, 0.25) is 5.02 Å². The van der Waals surface area contributed by atoms with Gasteiger partial charge in [-0.1, -0.05) is 35.9 Å². The third-order valence-electron chi connectivity index (χ3n) is 2.40. The van der Waals surface area contributed by atoms with E-state index in [0.717, 1.165) is 10.5 Å². The second-order valence-electron chi connectivity index (χ2n) is 3.65. The average Bonchev–Trinajstić information content (AvgIpc) is 2.32. The van der Waals surface area contributed by atoms with Gasteiger partial charge in [-0.15, -0.1) is 0 Å². The number of benzene rings is 2. The summed E-state index contributed by atoms with van der Waals surface area (Å²) in [6.07, 6.45) is 0. The standard InChI is InChI=1S/C13H12ClNOS/c14-11-5-3-6-12(8-11)17(16)9-10-4-1-2-7-13(10)15/h1-8H,9,15H2. The van der Waals surface area contributed by atoms with Gasteiger partial charge in [0.05, 0.1) is 16.6 Å². The first-order valence-corrected chi connectivity index (χ1v) is 6.84. The summed E-state index contributed by atoms with van der Waals surface area (Å²) in [6, 6.07) is 14.5. The van der Waals surface area contributed by atoms with E-state index in [0.29, 0.717) is 16.5 Å². The van der Waals surface area contributed by atoms with Gasteiger partial charge in [0.15, 0.2) is 0 Å². The Morgan fingerprint density at radius 1 is 1.12 bits per heavy atom. The van der Waals surface area contributed by atoms with Gasteiger partial charge in [-0.05, 0) is 29.8 Å². The molecule has 0 aliphatic heterocycles. The molecule has 2 aromatic carbocycles. The molecule has 2 rings (SSSR count). The fraction of sp³-hybridized carbons (Fsp3) is 0.0769. The molecule has 0 spiro atoms. The van der Waals surface area contributed by atoms with Crippen molar-refractivity contribution in [3.63, 3.8) is 0 Å². The monoisotopic (exact) mass is 265 g/mol. The van der Waals surface area contributed by atoms with Crippen molar-refractivity contribution in [3.8, 4) is 0 Å². The van der Waals surface area contributed by atoms with Crippen molar-refractivity contribution in [2.75, 3.05) is 5.73 Å². The first kappa shape index (κ1) is 12.1. The predicted octanol–water partition coefficient (Wildman–Crippen LogP) is 3.23. The summed E-state index contributed by atoms with van der Waals surface area (Å²) in [4.78, 5) is 0.723. The summed E-state index contributed by atoms with van der Waals surface area (Å²) in [7, 11) is -1.12. The molecule has 0 aliphatic rings. The van der Waals surface area contributed by atoms with Crippen LogP contribution in [0.1, 0.15) is 5.56 Å². The van der Waals surface area contributed by atoms with E-state index in [1.54, 1.807) is 24.3 Å². The minimum Gasteiger partial charge on any atom is -0.398 e. The lowest BCUT2D eigenvalue weighted by molar-refractivity contribution is 0.682. The molecule has 88 valence electrons. The minimum absolute atomic E-state index is 0.410. The van der Waals surface area contributed by atoms with E-state index in [9.17, 15) is 4.21 Å². The second-order valence-corrected chi connectivity index (χ2v) is 5.53. The molecule has 0 aliphatic carbocycles. The Hall–Kier alpha value is -1.32. The number of hydrogen-bond donors (Lipinski definition) is 1. The lowest BCUT2D eigenvalue weighted by Gasteiger charge is -2.05. The molecule has 0 radical (unpaired) electrons. The highest BCUT2D eigenvalue weighted by molar-refractivity contribution is 7.84. The molecule has 0 fully saturated rings. The summed E-state index contributed by atoms with van der Waals surface area (Å²) < 4.78 is 12.1. The number of rotatable bonds is 3. The smallest absolute Gasteiger partial charge is 0.0575 e. The van der Waals surface area contributed by atoms with Crippen LogP contribution in [0.4, 0.5) is 5.69 Å². The highest BCUT2D eigenvalue weighted by atomic mass is 35.5. The molecule has 2 aromatic rings. The molecule has 17 heavy (non-hydrogen) atoms. The lowest BCUT2D eigenvalue weighted by atomic mass is 10.2.